The van der Waals surface area contributed by atoms with E-state index in [0.29, 0.717) is 6.54 Å². The van der Waals surface area contributed by atoms with Crippen LogP contribution in [0.5, 0.6) is 0 Å². The molecule has 1 rings (SSSR count). The van der Waals surface area contributed by atoms with Crippen molar-refractivity contribution in [3.8, 4) is 0 Å². The van der Waals surface area contributed by atoms with Gasteiger partial charge in [-0.25, -0.2) is 4.68 Å². The van der Waals surface area contributed by atoms with Crippen LogP contribution in [0.4, 0.5) is 5.69 Å². The van der Waals surface area contributed by atoms with E-state index in [9.17, 15) is 4.79 Å². The zero-order valence-corrected chi connectivity index (χ0v) is 11.4. The van der Waals surface area contributed by atoms with E-state index >= 15 is 0 Å². The summed E-state index contributed by atoms with van der Waals surface area (Å²) in [5.74, 6) is 0. The Kier molecular flexibility index (Phi) is 5.52. The smallest absolute Gasteiger partial charge is 0.268 e. The van der Waals surface area contributed by atoms with E-state index in [2.05, 4.69) is 39.8 Å². The molecule has 0 spiro atoms. The molecule has 1 heterocycles. The van der Waals surface area contributed by atoms with E-state index < -0.39 is 0 Å². The molecular formula is C11H18BrN3O. The summed E-state index contributed by atoms with van der Waals surface area (Å²) in [4.78, 5) is 13.9. The van der Waals surface area contributed by atoms with Crippen LogP contribution < -0.4 is 10.5 Å². The second-order valence-corrected chi connectivity index (χ2v) is 4.28. The topological polar surface area (TPSA) is 38.1 Å². The maximum absolute atomic E-state index is 11.7. The van der Waals surface area contributed by atoms with E-state index in [4.69, 9.17) is 0 Å². The van der Waals surface area contributed by atoms with Gasteiger partial charge in [-0.15, -0.1) is 0 Å². The molecule has 0 aliphatic rings. The van der Waals surface area contributed by atoms with Gasteiger partial charge in [-0.05, 0) is 20.3 Å². The molecule has 90 valence electrons. The van der Waals surface area contributed by atoms with E-state index in [1.165, 1.54) is 4.68 Å². The lowest BCUT2D eigenvalue weighted by Crippen LogP contribution is -2.27. The number of anilines is 1. The standard InChI is InChI=1S/C11H18BrN3O/c1-3-14(4-2)10-8-11(16)15(13-9-10)7-5-6-12/h8-9H,3-7H2,1-2H3. The number of hydrogen-bond donors (Lipinski definition) is 0. The summed E-state index contributed by atoms with van der Waals surface area (Å²) in [6.07, 6.45) is 2.68. The SMILES string of the molecule is CCN(CC)c1cnn(CCCBr)c(=O)c1. The summed E-state index contributed by atoms with van der Waals surface area (Å²) >= 11 is 3.34. The van der Waals surface area contributed by atoms with Crippen LogP contribution in [-0.2, 0) is 6.54 Å². The van der Waals surface area contributed by atoms with Crippen molar-refractivity contribution in [1.29, 1.82) is 0 Å². The van der Waals surface area contributed by atoms with Gasteiger partial charge in [-0.3, -0.25) is 4.79 Å². The summed E-state index contributed by atoms with van der Waals surface area (Å²) < 4.78 is 1.51. The van der Waals surface area contributed by atoms with Gasteiger partial charge in [0.25, 0.3) is 5.56 Å². The lowest BCUT2D eigenvalue weighted by Gasteiger charge is -2.20. The Labute approximate surface area is 104 Å². The highest BCUT2D eigenvalue weighted by Gasteiger charge is 2.04. The van der Waals surface area contributed by atoms with Gasteiger partial charge in [0.2, 0.25) is 0 Å². The van der Waals surface area contributed by atoms with Crippen LogP contribution in [0.1, 0.15) is 20.3 Å². The van der Waals surface area contributed by atoms with Gasteiger partial charge in [0.15, 0.2) is 0 Å². The lowest BCUT2D eigenvalue weighted by atomic mass is 10.4. The summed E-state index contributed by atoms with van der Waals surface area (Å²) in [6.45, 7) is 6.59. The van der Waals surface area contributed by atoms with E-state index in [1.807, 2.05) is 0 Å². The van der Waals surface area contributed by atoms with Crippen LogP contribution in [0.25, 0.3) is 0 Å². The number of aromatic nitrogens is 2. The van der Waals surface area contributed by atoms with Crippen molar-refractivity contribution in [1.82, 2.24) is 9.78 Å². The quantitative estimate of drug-likeness (QED) is 0.750. The monoisotopic (exact) mass is 287 g/mol. The van der Waals surface area contributed by atoms with E-state index in [1.54, 1.807) is 12.3 Å². The zero-order valence-electron chi connectivity index (χ0n) is 9.82. The largest absolute Gasteiger partial charge is 0.371 e. The van der Waals surface area contributed by atoms with Gasteiger partial charge in [0.05, 0.1) is 11.9 Å². The third kappa shape index (κ3) is 3.33. The third-order valence-electron chi connectivity index (χ3n) is 2.49. The van der Waals surface area contributed by atoms with E-state index in [-0.39, 0.29) is 5.56 Å². The third-order valence-corrected chi connectivity index (χ3v) is 3.05. The summed E-state index contributed by atoms with van der Waals surface area (Å²) in [6, 6.07) is 1.66. The molecule has 0 radical (unpaired) electrons. The molecule has 0 aliphatic carbocycles. The van der Waals surface area contributed by atoms with Gasteiger partial charge in [-0.2, -0.15) is 5.10 Å². The van der Waals surface area contributed by atoms with Crippen molar-refractivity contribution in [3.63, 3.8) is 0 Å². The average Bonchev–Trinajstić information content (AvgIpc) is 2.29. The predicted molar refractivity (Wildman–Crippen MR) is 70.5 cm³/mol. The molecule has 4 nitrogen and oxygen atoms in total. The van der Waals surface area contributed by atoms with Crippen molar-refractivity contribution in [3.05, 3.63) is 22.6 Å². The Morgan fingerprint density at radius 1 is 1.44 bits per heavy atom. The molecule has 16 heavy (non-hydrogen) atoms. The Bertz CT molecular complexity index is 374. The highest BCUT2D eigenvalue weighted by molar-refractivity contribution is 9.09. The Hall–Kier alpha value is -0.840. The first-order valence-corrected chi connectivity index (χ1v) is 6.73. The molecule has 0 aromatic carbocycles. The molecular weight excluding hydrogens is 270 g/mol. The number of alkyl halides is 1. The molecule has 0 saturated heterocycles. The number of rotatable bonds is 6. The van der Waals surface area contributed by atoms with Crippen molar-refractivity contribution < 1.29 is 0 Å². The average molecular weight is 288 g/mol. The number of halogens is 1. The Morgan fingerprint density at radius 2 is 2.12 bits per heavy atom. The number of aryl methyl sites for hydroxylation is 1. The van der Waals surface area contributed by atoms with Crippen LogP contribution in [0.3, 0.4) is 0 Å². The van der Waals surface area contributed by atoms with Crippen LogP contribution >= 0.6 is 15.9 Å². The Morgan fingerprint density at radius 3 is 2.62 bits per heavy atom. The molecule has 0 fully saturated rings. The first-order valence-electron chi connectivity index (χ1n) is 5.61. The van der Waals surface area contributed by atoms with Crippen LogP contribution in [-0.4, -0.2) is 28.2 Å². The van der Waals surface area contributed by atoms with Gasteiger partial charge >= 0.3 is 0 Å². The van der Waals surface area contributed by atoms with Crippen molar-refractivity contribution >= 4 is 21.6 Å². The van der Waals surface area contributed by atoms with E-state index in [0.717, 1.165) is 30.5 Å². The van der Waals surface area contributed by atoms with Crippen molar-refractivity contribution in [2.45, 2.75) is 26.8 Å². The molecule has 0 unspecified atom stereocenters. The van der Waals surface area contributed by atoms with Gasteiger partial charge in [0, 0.05) is 31.0 Å². The fourth-order valence-electron chi connectivity index (χ4n) is 1.56. The highest BCUT2D eigenvalue weighted by atomic mass is 79.9. The van der Waals surface area contributed by atoms with Crippen LogP contribution in [0.2, 0.25) is 0 Å². The maximum atomic E-state index is 11.7. The minimum Gasteiger partial charge on any atom is -0.371 e. The summed E-state index contributed by atoms with van der Waals surface area (Å²) in [5, 5.41) is 5.06. The first kappa shape index (κ1) is 13.2. The predicted octanol–water partition coefficient (Wildman–Crippen LogP) is 1.87. The van der Waals surface area contributed by atoms with Crippen LogP contribution in [0.15, 0.2) is 17.1 Å². The second-order valence-electron chi connectivity index (χ2n) is 3.49. The summed E-state index contributed by atoms with van der Waals surface area (Å²) in [7, 11) is 0. The molecule has 1 aromatic rings. The highest BCUT2D eigenvalue weighted by Crippen LogP contribution is 2.08. The molecule has 0 N–H and O–H groups in total. The van der Waals surface area contributed by atoms with Crippen LogP contribution in [0, 0.1) is 0 Å². The van der Waals surface area contributed by atoms with Gasteiger partial charge in [0.1, 0.15) is 0 Å². The molecule has 0 amide bonds. The normalized spacial score (nSPS) is 10.4. The van der Waals surface area contributed by atoms with Gasteiger partial charge < -0.3 is 4.90 Å². The minimum absolute atomic E-state index is 0.0228. The molecule has 5 heteroatoms. The van der Waals surface area contributed by atoms with Gasteiger partial charge in [-0.1, -0.05) is 15.9 Å². The first-order chi connectivity index (χ1) is 7.72. The minimum atomic E-state index is -0.0228. The lowest BCUT2D eigenvalue weighted by molar-refractivity contribution is 0.570. The molecule has 0 atom stereocenters. The fourth-order valence-corrected chi connectivity index (χ4v) is 1.81. The number of nitrogens with zero attached hydrogens (tertiary/aromatic N) is 3. The van der Waals surface area contributed by atoms with Crippen molar-refractivity contribution in [2.75, 3.05) is 23.3 Å². The molecule has 1 aromatic heterocycles. The Balaban J connectivity index is 2.86. The second kappa shape index (κ2) is 6.68. The fraction of sp³-hybridized carbons (Fsp3) is 0.636. The van der Waals surface area contributed by atoms with Crippen molar-refractivity contribution in [2.24, 2.45) is 0 Å². The molecule has 0 saturated carbocycles. The molecule has 0 bridgehead atoms. The zero-order chi connectivity index (χ0) is 12.0. The summed E-state index contributed by atoms with van der Waals surface area (Å²) in [5.41, 5.74) is 0.885. The number of hydrogen-bond acceptors (Lipinski definition) is 3. The molecule has 0 aliphatic heterocycles. The maximum Gasteiger partial charge on any atom is 0.268 e.